The molecule has 0 saturated heterocycles. The summed E-state index contributed by atoms with van der Waals surface area (Å²) in [6.45, 7) is 2.21. The van der Waals surface area contributed by atoms with E-state index in [1.54, 1.807) is 18.2 Å². The summed E-state index contributed by atoms with van der Waals surface area (Å²) in [7, 11) is 0. The molecule has 2 unspecified atom stereocenters. The second-order valence-corrected chi connectivity index (χ2v) is 8.55. The smallest absolute Gasteiger partial charge is 0.230 e. The Balaban J connectivity index is 1.45. The fourth-order valence-electron chi connectivity index (χ4n) is 3.77. The van der Waals surface area contributed by atoms with E-state index >= 15 is 0 Å². The lowest BCUT2D eigenvalue weighted by molar-refractivity contribution is -0.119. The Morgan fingerprint density at radius 2 is 2.00 bits per heavy atom. The summed E-state index contributed by atoms with van der Waals surface area (Å²) in [5.41, 5.74) is 0.462. The van der Waals surface area contributed by atoms with Crippen LogP contribution in [0.25, 0.3) is 11.4 Å². The van der Waals surface area contributed by atoms with Gasteiger partial charge >= 0.3 is 0 Å². The van der Waals surface area contributed by atoms with Crippen LogP contribution in [0.1, 0.15) is 51.5 Å². The molecule has 5 nitrogen and oxygen atoms in total. The highest BCUT2D eigenvalue weighted by molar-refractivity contribution is 7.99. The van der Waals surface area contributed by atoms with Crippen LogP contribution in [0.5, 0.6) is 0 Å². The number of rotatable bonds is 6. The maximum absolute atomic E-state index is 14.2. The van der Waals surface area contributed by atoms with Crippen molar-refractivity contribution in [1.29, 1.82) is 0 Å². The van der Waals surface area contributed by atoms with Crippen LogP contribution < -0.4 is 5.32 Å². The number of nitrogens with zero attached hydrogens (tertiary/aromatic N) is 3. The molecule has 0 bridgehead atoms. The molecular weight excluding hydrogens is 363 g/mol. The van der Waals surface area contributed by atoms with Gasteiger partial charge in [-0.2, -0.15) is 0 Å². The van der Waals surface area contributed by atoms with Crippen LogP contribution >= 0.6 is 11.8 Å². The average molecular weight is 389 g/mol. The molecule has 1 N–H and O–H groups in total. The summed E-state index contributed by atoms with van der Waals surface area (Å²) in [6, 6.07) is 7.22. The van der Waals surface area contributed by atoms with E-state index in [9.17, 15) is 9.18 Å². The van der Waals surface area contributed by atoms with Crippen molar-refractivity contribution >= 4 is 17.7 Å². The molecule has 0 radical (unpaired) electrons. The van der Waals surface area contributed by atoms with Crippen molar-refractivity contribution in [2.45, 2.75) is 62.7 Å². The van der Waals surface area contributed by atoms with Crippen molar-refractivity contribution in [2.75, 3.05) is 5.75 Å². The summed E-state index contributed by atoms with van der Waals surface area (Å²) in [4.78, 5) is 12.4. The van der Waals surface area contributed by atoms with Crippen LogP contribution in [0.3, 0.4) is 0 Å². The van der Waals surface area contributed by atoms with Crippen molar-refractivity contribution in [3.8, 4) is 11.4 Å². The molecule has 27 heavy (non-hydrogen) atoms. The van der Waals surface area contributed by atoms with Gasteiger partial charge in [-0.3, -0.25) is 9.36 Å². The molecule has 4 rings (SSSR count). The number of amides is 1. The van der Waals surface area contributed by atoms with Gasteiger partial charge in [0.1, 0.15) is 5.82 Å². The summed E-state index contributed by atoms with van der Waals surface area (Å²) >= 11 is 1.39. The second kappa shape index (κ2) is 8.00. The van der Waals surface area contributed by atoms with E-state index in [0.29, 0.717) is 34.3 Å². The zero-order valence-electron chi connectivity index (χ0n) is 15.5. The minimum Gasteiger partial charge on any atom is -0.352 e. The zero-order valence-corrected chi connectivity index (χ0v) is 16.3. The molecule has 2 aliphatic carbocycles. The van der Waals surface area contributed by atoms with Gasteiger partial charge in [0.25, 0.3) is 0 Å². The van der Waals surface area contributed by atoms with Gasteiger partial charge in [0.05, 0.1) is 11.3 Å². The van der Waals surface area contributed by atoms with Gasteiger partial charge in [0.15, 0.2) is 11.0 Å². The van der Waals surface area contributed by atoms with Crippen molar-refractivity contribution in [3.05, 3.63) is 30.1 Å². The Morgan fingerprint density at radius 3 is 2.74 bits per heavy atom. The number of aromatic nitrogens is 3. The minimum absolute atomic E-state index is 0.0385. The normalized spacial score (nSPS) is 22.6. The third kappa shape index (κ3) is 4.18. The Hall–Kier alpha value is -1.89. The number of thioether (sulfide) groups is 1. The van der Waals surface area contributed by atoms with Crippen LogP contribution in [-0.2, 0) is 4.79 Å². The van der Waals surface area contributed by atoms with Gasteiger partial charge in [-0.25, -0.2) is 4.39 Å². The molecule has 7 heteroatoms. The first-order valence-electron chi connectivity index (χ1n) is 9.75. The second-order valence-electron chi connectivity index (χ2n) is 7.61. The predicted octanol–water partition coefficient (Wildman–Crippen LogP) is 4.21. The number of carbonyl (C=O) groups is 1. The first-order chi connectivity index (χ1) is 13.1. The molecule has 1 aromatic carbocycles. The highest BCUT2D eigenvalue weighted by Gasteiger charge is 2.31. The zero-order chi connectivity index (χ0) is 18.8. The third-order valence-electron chi connectivity index (χ3n) is 5.48. The predicted molar refractivity (Wildman–Crippen MR) is 104 cm³/mol. The maximum Gasteiger partial charge on any atom is 0.230 e. The molecule has 2 fully saturated rings. The summed E-state index contributed by atoms with van der Waals surface area (Å²) in [5.74, 6) is 1.14. The highest BCUT2D eigenvalue weighted by Crippen LogP contribution is 2.41. The molecular formula is C20H25FN4OS. The van der Waals surface area contributed by atoms with Crippen molar-refractivity contribution in [2.24, 2.45) is 5.92 Å². The standard InChI is InChI=1S/C20H25FN4OS/c1-13-6-2-5-9-17(13)22-18(26)12-27-20-24-23-19(25(20)14-10-11-14)15-7-3-4-8-16(15)21/h3-4,7-8,13-14,17H,2,5-6,9-12H2,1H3,(H,22,26). The van der Waals surface area contributed by atoms with Crippen LogP contribution in [0.2, 0.25) is 0 Å². The fraction of sp³-hybridized carbons (Fsp3) is 0.550. The first-order valence-corrected chi connectivity index (χ1v) is 10.7. The van der Waals surface area contributed by atoms with Crippen LogP contribution in [0.15, 0.2) is 29.4 Å². The molecule has 1 amide bonds. The van der Waals surface area contributed by atoms with E-state index in [2.05, 4.69) is 22.4 Å². The third-order valence-corrected chi connectivity index (χ3v) is 6.42. The number of hydrogen-bond acceptors (Lipinski definition) is 4. The topological polar surface area (TPSA) is 59.8 Å². The number of benzene rings is 1. The quantitative estimate of drug-likeness (QED) is 0.753. The Kier molecular flexibility index (Phi) is 5.48. The molecule has 1 aromatic heterocycles. The van der Waals surface area contributed by atoms with Gasteiger partial charge in [-0.1, -0.05) is 43.7 Å². The molecule has 2 atom stereocenters. The molecule has 2 aromatic rings. The SMILES string of the molecule is CC1CCCCC1NC(=O)CSc1nnc(-c2ccccc2F)n1C1CC1. The van der Waals surface area contributed by atoms with E-state index in [1.165, 1.54) is 37.1 Å². The Labute approximate surface area is 163 Å². The van der Waals surface area contributed by atoms with Gasteiger partial charge in [-0.05, 0) is 43.7 Å². The summed E-state index contributed by atoms with van der Waals surface area (Å²) in [5, 5.41) is 12.4. The Morgan fingerprint density at radius 1 is 1.22 bits per heavy atom. The fourth-order valence-corrected chi connectivity index (χ4v) is 4.59. The molecule has 2 aliphatic rings. The molecule has 0 spiro atoms. The van der Waals surface area contributed by atoms with Gasteiger partial charge in [-0.15, -0.1) is 10.2 Å². The van der Waals surface area contributed by atoms with E-state index in [-0.39, 0.29) is 17.8 Å². The van der Waals surface area contributed by atoms with Crippen molar-refractivity contribution in [1.82, 2.24) is 20.1 Å². The van der Waals surface area contributed by atoms with E-state index < -0.39 is 0 Å². The van der Waals surface area contributed by atoms with Crippen LogP contribution in [-0.4, -0.2) is 32.5 Å². The molecule has 2 saturated carbocycles. The van der Waals surface area contributed by atoms with Gasteiger partial charge < -0.3 is 5.32 Å². The number of hydrogen-bond donors (Lipinski definition) is 1. The summed E-state index contributed by atoms with van der Waals surface area (Å²) in [6.07, 6.45) is 6.76. The Bertz CT molecular complexity index is 820. The lowest BCUT2D eigenvalue weighted by Crippen LogP contribution is -2.41. The van der Waals surface area contributed by atoms with Crippen molar-refractivity contribution in [3.63, 3.8) is 0 Å². The number of halogens is 1. The monoisotopic (exact) mass is 388 g/mol. The number of carbonyl (C=O) groups excluding carboxylic acids is 1. The summed E-state index contributed by atoms with van der Waals surface area (Å²) < 4.78 is 16.2. The molecule has 0 aliphatic heterocycles. The van der Waals surface area contributed by atoms with E-state index in [1.807, 2.05) is 4.57 Å². The minimum atomic E-state index is -0.299. The first kappa shape index (κ1) is 18.5. The van der Waals surface area contributed by atoms with Crippen LogP contribution in [0, 0.1) is 11.7 Å². The largest absolute Gasteiger partial charge is 0.352 e. The van der Waals surface area contributed by atoms with E-state index in [0.717, 1.165) is 19.3 Å². The highest BCUT2D eigenvalue weighted by atomic mass is 32.2. The lowest BCUT2D eigenvalue weighted by Gasteiger charge is -2.29. The van der Waals surface area contributed by atoms with Crippen LogP contribution in [0.4, 0.5) is 4.39 Å². The van der Waals surface area contributed by atoms with Crippen molar-refractivity contribution < 1.29 is 9.18 Å². The van der Waals surface area contributed by atoms with E-state index in [4.69, 9.17) is 0 Å². The average Bonchev–Trinajstić information content (AvgIpc) is 3.42. The lowest BCUT2D eigenvalue weighted by atomic mass is 9.86. The molecule has 1 heterocycles. The number of nitrogens with one attached hydrogen (secondary N) is 1. The van der Waals surface area contributed by atoms with Gasteiger partial charge in [0, 0.05) is 12.1 Å². The maximum atomic E-state index is 14.2. The molecule has 144 valence electrons. The van der Waals surface area contributed by atoms with Gasteiger partial charge in [0.2, 0.25) is 5.91 Å².